The van der Waals surface area contributed by atoms with Crippen LogP contribution in [0, 0.1) is 0 Å². The van der Waals surface area contributed by atoms with Gasteiger partial charge in [-0.3, -0.25) is 4.79 Å². The molecule has 0 radical (unpaired) electrons. The number of benzene rings is 1. The number of rotatable bonds is 3. The van der Waals surface area contributed by atoms with Crippen LogP contribution in [0.25, 0.3) is 0 Å². The number of ether oxygens (including phenoxy) is 1. The molecule has 7 heteroatoms. The van der Waals surface area contributed by atoms with Crippen LogP contribution in [0.4, 0.5) is 5.69 Å². The molecular formula is C11H14N2O4S. The third kappa shape index (κ3) is 2.62. The second-order valence-corrected chi connectivity index (χ2v) is 5.93. The van der Waals surface area contributed by atoms with Gasteiger partial charge < -0.3 is 9.64 Å². The van der Waals surface area contributed by atoms with E-state index in [9.17, 15) is 13.2 Å². The Morgan fingerprint density at radius 2 is 2.06 bits per heavy atom. The highest BCUT2D eigenvalue weighted by molar-refractivity contribution is 7.88. The summed E-state index contributed by atoms with van der Waals surface area (Å²) < 4.78 is 29.8. The molecule has 0 fully saturated rings. The summed E-state index contributed by atoms with van der Waals surface area (Å²) in [6.45, 7) is -0.0731. The van der Waals surface area contributed by atoms with Crippen molar-refractivity contribution in [2.75, 3.05) is 24.7 Å². The maximum atomic E-state index is 12.0. The smallest absolute Gasteiger partial charge is 0.269 e. The Hall–Kier alpha value is -1.60. The molecule has 0 bridgehead atoms. The third-order valence-electron chi connectivity index (χ3n) is 2.63. The Bertz CT molecular complexity index is 570. The SMILES string of the molecule is CN1C(=O)C(CNS(C)(=O)=O)Oc2ccccc21. The van der Waals surface area contributed by atoms with Gasteiger partial charge in [-0.2, -0.15) is 0 Å². The second kappa shape index (κ2) is 4.58. The summed E-state index contributed by atoms with van der Waals surface area (Å²) in [7, 11) is -1.71. The molecule has 1 aromatic carbocycles. The van der Waals surface area contributed by atoms with Crippen molar-refractivity contribution in [2.45, 2.75) is 6.10 Å². The Kier molecular flexibility index (Phi) is 3.27. The highest BCUT2D eigenvalue weighted by atomic mass is 32.2. The van der Waals surface area contributed by atoms with Crippen molar-refractivity contribution in [3.63, 3.8) is 0 Å². The number of nitrogens with zero attached hydrogens (tertiary/aromatic N) is 1. The van der Waals surface area contributed by atoms with Crippen molar-refractivity contribution in [3.05, 3.63) is 24.3 Å². The number of fused-ring (bicyclic) bond motifs is 1. The normalized spacial score (nSPS) is 19.3. The van der Waals surface area contributed by atoms with Crippen LogP contribution in [-0.4, -0.2) is 40.3 Å². The Labute approximate surface area is 106 Å². The Morgan fingerprint density at radius 3 is 2.72 bits per heavy atom. The minimum Gasteiger partial charge on any atom is -0.477 e. The molecule has 0 saturated heterocycles. The lowest BCUT2D eigenvalue weighted by molar-refractivity contribution is -0.125. The zero-order chi connectivity index (χ0) is 13.3. The predicted molar refractivity (Wildman–Crippen MR) is 67.1 cm³/mol. The van der Waals surface area contributed by atoms with Crippen LogP contribution < -0.4 is 14.4 Å². The highest BCUT2D eigenvalue weighted by Gasteiger charge is 2.32. The number of nitrogens with one attached hydrogen (secondary N) is 1. The zero-order valence-corrected chi connectivity index (χ0v) is 10.9. The molecule has 0 aliphatic carbocycles. The first-order chi connectivity index (χ1) is 8.38. The van der Waals surface area contributed by atoms with Crippen LogP contribution in [0.5, 0.6) is 5.75 Å². The van der Waals surface area contributed by atoms with Gasteiger partial charge in [0, 0.05) is 7.05 Å². The van der Waals surface area contributed by atoms with E-state index < -0.39 is 16.1 Å². The van der Waals surface area contributed by atoms with Gasteiger partial charge in [0.1, 0.15) is 5.75 Å². The molecule has 1 N–H and O–H groups in total. The number of carbonyl (C=O) groups excluding carboxylic acids is 1. The molecule has 18 heavy (non-hydrogen) atoms. The molecule has 1 atom stereocenters. The summed E-state index contributed by atoms with van der Waals surface area (Å²) in [5, 5.41) is 0. The van der Waals surface area contributed by atoms with E-state index in [4.69, 9.17) is 4.74 Å². The van der Waals surface area contributed by atoms with Crippen molar-refractivity contribution in [1.29, 1.82) is 0 Å². The maximum Gasteiger partial charge on any atom is 0.269 e. The van der Waals surface area contributed by atoms with Crippen molar-refractivity contribution in [2.24, 2.45) is 0 Å². The van der Waals surface area contributed by atoms with Gasteiger partial charge in [0.15, 0.2) is 6.10 Å². The second-order valence-electron chi connectivity index (χ2n) is 4.09. The topological polar surface area (TPSA) is 75.7 Å². The standard InChI is InChI=1S/C11H14N2O4S/c1-13-8-5-3-4-6-9(8)17-10(11(13)14)7-12-18(2,15)16/h3-6,10,12H,7H2,1-2H3. The predicted octanol–water partition coefficient (Wildman–Crippen LogP) is -0.0404. The minimum absolute atomic E-state index is 0.0731. The lowest BCUT2D eigenvalue weighted by atomic mass is 10.2. The number of likely N-dealkylation sites (N-methyl/N-ethyl adjacent to an activating group) is 1. The number of anilines is 1. The molecule has 0 spiro atoms. The summed E-state index contributed by atoms with van der Waals surface area (Å²) in [5.41, 5.74) is 0.679. The molecule has 2 rings (SSSR count). The molecule has 1 aliphatic rings. The van der Waals surface area contributed by atoms with Gasteiger partial charge >= 0.3 is 0 Å². The molecule has 0 aromatic heterocycles. The van der Waals surface area contributed by atoms with E-state index in [-0.39, 0.29) is 12.5 Å². The van der Waals surface area contributed by atoms with Gasteiger partial charge in [0.05, 0.1) is 18.5 Å². The van der Waals surface area contributed by atoms with Gasteiger partial charge in [-0.1, -0.05) is 12.1 Å². The largest absolute Gasteiger partial charge is 0.477 e. The average Bonchev–Trinajstić information content (AvgIpc) is 2.31. The number of para-hydroxylation sites is 2. The lowest BCUT2D eigenvalue weighted by Crippen LogP contribution is -2.49. The molecule has 6 nitrogen and oxygen atoms in total. The number of hydrogen-bond donors (Lipinski definition) is 1. The first-order valence-corrected chi connectivity index (χ1v) is 7.25. The van der Waals surface area contributed by atoms with Crippen molar-refractivity contribution in [1.82, 2.24) is 4.72 Å². The van der Waals surface area contributed by atoms with Crippen molar-refractivity contribution in [3.8, 4) is 5.75 Å². The highest BCUT2D eigenvalue weighted by Crippen LogP contribution is 2.32. The van der Waals surface area contributed by atoms with E-state index in [0.29, 0.717) is 11.4 Å². The fraction of sp³-hybridized carbons (Fsp3) is 0.364. The molecule has 0 saturated carbocycles. The van der Waals surface area contributed by atoms with E-state index in [1.165, 1.54) is 4.90 Å². The van der Waals surface area contributed by atoms with Crippen LogP contribution >= 0.6 is 0 Å². The summed E-state index contributed by atoms with van der Waals surface area (Å²) in [6, 6.07) is 7.11. The van der Waals surface area contributed by atoms with Crippen LogP contribution in [-0.2, 0) is 14.8 Å². The van der Waals surface area contributed by atoms with Crippen molar-refractivity contribution < 1.29 is 17.9 Å². The Morgan fingerprint density at radius 1 is 1.39 bits per heavy atom. The van der Waals surface area contributed by atoms with Crippen molar-refractivity contribution >= 4 is 21.6 Å². The summed E-state index contributed by atoms with van der Waals surface area (Å²) >= 11 is 0. The van der Waals surface area contributed by atoms with Crippen LogP contribution in [0.1, 0.15) is 0 Å². The molecule has 1 heterocycles. The number of amides is 1. The third-order valence-corrected chi connectivity index (χ3v) is 3.32. The molecule has 1 amide bonds. The van der Waals surface area contributed by atoms with E-state index in [1.807, 2.05) is 0 Å². The molecule has 1 aliphatic heterocycles. The van der Waals surface area contributed by atoms with Gasteiger partial charge in [-0.05, 0) is 12.1 Å². The summed E-state index contributed by atoms with van der Waals surface area (Å²) in [4.78, 5) is 13.4. The van der Waals surface area contributed by atoms with E-state index in [2.05, 4.69) is 4.72 Å². The molecule has 98 valence electrons. The molecule has 1 unspecified atom stereocenters. The first-order valence-electron chi connectivity index (χ1n) is 5.36. The maximum absolute atomic E-state index is 12.0. The molecule has 1 aromatic rings. The lowest BCUT2D eigenvalue weighted by Gasteiger charge is -2.31. The average molecular weight is 270 g/mol. The van der Waals surface area contributed by atoms with E-state index in [1.54, 1.807) is 31.3 Å². The fourth-order valence-corrected chi connectivity index (χ4v) is 2.18. The quantitative estimate of drug-likeness (QED) is 0.836. The minimum atomic E-state index is -3.34. The van der Waals surface area contributed by atoms with Gasteiger partial charge in [0.2, 0.25) is 10.0 Å². The van der Waals surface area contributed by atoms with Crippen LogP contribution in [0.3, 0.4) is 0 Å². The first kappa shape index (κ1) is 12.8. The van der Waals surface area contributed by atoms with Crippen LogP contribution in [0.15, 0.2) is 24.3 Å². The number of carbonyl (C=O) groups is 1. The Balaban J connectivity index is 2.19. The van der Waals surface area contributed by atoms with Crippen LogP contribution in [0.2, 0.25) is 0 Å². The van der Waals surface area contributed by atoms with E-state index in [0.717, 1.165) is 6.26 Å². The van der Waals surface area contributed by atoms with E-state index >= 15 is 0 Å². The monoisotopic (exact) mass is 270 g/mol. The van der Waals surface area contributed by atoms with Gasteiger partial charge in [0.25, 0.3) is 5.91 Å². The summed E-state index contributed by atoms with van der Waals surface area (Å²) in [6.07, 6.45) is 0.206. The fourth-order valence-electron chi connectivity index (χ4n) is 1.73. The zero-order valence-electron chi connectivity index (χ0n) is 10.1. The number of hydrogen-bond acceptors (Lipinski definition) is 4. The number of sulfonamides is 1. The van der Waals surface area contributed by atoms with Gasteiger partial charge in [-0.25, -0.2) is 13.1 Å². The summed E-state index contributed by atoms with van der Waals surface area (Å²) in [5.74, 6) is 0.296. The molecular weight excluding hydrogens is 256 g/mol. The van der Waals surface area contributed by atoms with Gasteiger partial charge in [-0.15, -0.1) is 0 Å².